The van der Waals surface area contributed by atoms with Gasteiger partial charge in [0.2, 0.25) is 0 Å². The molecule has 2 unspecified atom stereocenters. The Labute approximate surface area is 327 Å². The van der Waals surface area contributed by atoms with Gasteiger partial charge in [-0.25, -0.2) is 0 Å². The van der Waals surface area contributed by atoms with Crippen molar-refractivity contribution in [3.8, 4) is 0 Å². The number of carboxylic acid groups (broad SMARTS) is 1. The molecule has 0 aliphatic rings. The fourth-order valence-corrected chi connectivity index (χ4v) is 7.33. The Morgan fingerprint density at radius 1 is 0.462 bits per heavy atom. The van der Waals surface area contributed by atoms with Gasteiger partial charge in [0.25, 0.3) is 0 Å². The lowest BCUT2D eigenvalue weighted by atomic mass is 9.86. The highest BCUT2D eigenvalue weighted by atomic mass is 16.5. The summed E-state index contributed by atoms with van der Waals surface area (Å²) in [5.74, 6) is 0.723. The van der Waals surface area contributed by atoms with E-state index in [-0.39, 0.29) is 11.9 Å². The van der Waals surface area contributed by atoms with Gasteiger partial charge in [0.15, 0.2) is 0 Å². The molecule has 0 bridgehead atoms. The molecule has 0 aromatic carbocycles. The van der Waals surface area contributed by atoms with E-state index in [4.69, 9.17) is 4.74 Å². The van der Waals surface area contributed by atoms with Gasteiger partial charge < -0.3 is 9.84 Å². The molecule has 4 heteroatoms. The number of esters is 1. The summed E-state index contributed by atoms with van der Waals surface area (Å²) in [4.78, 5) is 23.2. The Morgan fingerprint density at radius 3 is 1.25 bits per heavy atom. The number of hydrogen-bond acceptors (Lipinski definition) is 3. The molecule has 0 saturated carbocycles. The minimum atomic E-state index is -0.567. The summed E-state index contributed by atoms with van der Waals surface area (Å²) in [5, 5.41) is 9.52. The molecule has 0 saturated heterocycles. The molecule has 1 N–H and O–H groups in total. The van der Waals surface area contributed by atoms with Crippen LogP contribution in [0.4, 0.5) is 0 Å². The van der Waals surface area contributed by atoms with E-state index in [1.807, 2.05) is 0 Å². The second-order valence-electron chi connectivity index (χ2n) is 16.8. The lowest BCUT2D eigenvalue weighted by Gasteiger charge is -2.19. The lowest BCUT2D eigenvalue weighted by molar-refractivity contribution is -0.144. The van der Waals surface area contributed by atoms with Gasteiger partial charge in [0.05, 0.1) is 12.5 Å². The summed E-state index contributed by atoms with van der Waals surface area (Å²) in [7, 11) is 0. The van der Waals surface area contributed by atoms with Crippen molar-refractivity contribution >= 4 is 11.9 Å². The molecule has 0 aromatic rings. The SMILES string of the molecule is CCCCCCCCCCCCCCC(CC(CC)CCCC)C(=O)O.CCCCCCCCCCCCCCCC(=O)OCCCCCC(C)C. The van der Waals surface area contributed by atoms with Gasteiger partial charge in [0.1, 0.15) is 0 Å². The first-order valence-electron chi connectivity index (χ1n) is 23.7. The third-order valence-corrected chi connectivity index (χ3v) is 11.1. The number of rotatable bonds is 40. The molecule has 0 aromatic heterocycles. The van der Waals surface area contributed by atoms with E-state index >= 15 is 0 Å². The van der Waals surface area contributed by atoms with Crippen molar-refractivity contribution in [1.82, 2.24) is 0 Å². The molecule has 0 heterocycles. The molecule has 52 heavy (non-hydrogen) atoms. The minimum Gasteiger partial charge on any atom is -0.481 e. The van der Waals surface area contributed by atoms with Crippen molar-refractivity contribution in [2.45, 2.75) is 273 Å². The van der Waals surface area contributed by atoms with Crippen molar-refractivity contribution in [2.24, 2.45) is 17.8 Å². The van der Waals surface area contributed by atoms with Crippen LogP contribution < -0.4 is 0 Å². The van der Waals surface area contributed by atoms with Crippen LogP contribution in [-0.2, 0) is 14.3 Å². The van der Waals surface area contributed by atoms with Gasteiger partial charge in [-0.1, -0.05) is 241 Å². The van der Waals surface area contributed by atoms with E-state index in [2.05, 4.69) is 41.5 Å². The Hall–Kier alpha value is -1.06. The Kier molecular flexibility index (Phi) is 45.2. The summed E-state index contributed by atoms with van der Waals surface area (Å²) in [6.07, 6.45) is 45.4. The van der Waals surface area contributed by atoms with Gasteiger partial charge >= 0.3 is 11.9 Å². The minimum absolute atomic E-state index is 0.0110. The van der Waals surface area contributed by atoms with Crippen molar-refractivity contribution in [2.75, 3.05) is 6.61 Å². The predicted molar refractivity (Wildman–Crippen MR) is 229 cm³/mol. The van der Waals surface area contributed by atoms with Crippen molar-refractivity contribution in [1.29, 1.82) is 0 Å². The number of aliphatic carboxylic acids is 1. The summed E-state index contributed by atoms with van der Waals surface area (Å²) < 4.78 is 5.32. The molecule has 0 spiro atoms. The topological polar surface area (TPSA) is 63.6 Å². The highest BCUT2D eigenvalue weighted by Crippen LogP contribution is 2.26. The third-order valence-electron chi connectivity index (χ3n) is 11.1. The summed E-state index contributed by atoms with van der Waals surface area (Å²) >= 11 is 0. The normalized spacial score (nSPS) is 12.4. The molecule has 0 aliphatic carbocycles. The summed E-state index contributed by atoms with van der Waals surface area (Å²) in [5.41, 5.74) is 0. The summed E-state index contributed by atoms with van der Waals surface area (Å²) in [6, 6.07) is 0. The van der Waals surface area contributed by atoms with E-state index in [1.54, 1.807) is 0 Å². The van der Waals surface area contributed by atoms with E-state index in [0.29, 0.717) is 18.9 Å². The first-order chi connectivity index (χ1) is 25.3. The zero-order valence-corrected chi connectivity index (χ0v) is 36.6. The maximum Gasteiger partial charge on any atom is 0.306 e. The van der Waals surface area contributed by atoms with Crippen molar-refractivity contribution in [3.63, 3.8) is 0 Å². The molecule has 0 fully saturated rings. The van der Waals surface area contributed by atoms with Gasteiger partial charge in [-0.05, 0) is 37.5 Å². The van der Waals surface area contributed by atoms with E-state index < -0.39 is 5.97 Å². The Balaban J connectivity index is 0. The second kappa shape index (κ2) is 44.3. The average molecular weight is 737 g/mol. The van der Waals surface area contributed by atoms with Gasteiger partial charge in [0, 0.05) is 6.42 Å². The molecule has 2 atom stereocenters. The van der Waals surface area contributed by atoms with Crippen molar-refractivity contribution in [3.05, 3.63) is 0 Å². The Bertz CT molecular complexity index is 704. The van der Waals surface area contributed by atoms with E-state index in [0.717, 1.165) is 44.4 Å². The van der Waals surface area contributed by atoms with Crippen LogP contribution in [0.2, 0.25) is 0 Å². The fourth-order valence-electron chi connectivity index (χ4n) is 7.33. The lowest BCUT2D eigenvalue weighted by Crippen LogP contribution is -2.18. The first kappa shape index (κ1) is 53.0. The fraction of sp³-hybridized carbons (Fsp3) is 0.958. The first-order valence-corrected chi connectivity index (χ1v) is 23.7. The third kappa shape index (κ3) is 43.3. The zero-order chi connectivity index (χ0) is 38.8. The van der Waals surface area contributed by atoms with Gasteiger partial charge in [-0.15, -0.1) is 0 Å². The predicted octanol–water partition coefficient (Wildman–Crippen LogP) is 16.6. The van der Waals surface area contributed by atoms with E-state index in [9.17, 15) is 14.7 Å². The molecule has 4 nitrogen and oxygen atoms in total. The van der Waals surface area contributed by atoms with Crippen LogP contribution >= 0.6 is 0 Å². The zero-order valence-electron chi connectivity index (χ0n) is 36.6. The number of hydrogen-bond donors (Lipinski definition) is 1. The molecular weight excluding hydrogens is 641 g/mol. The standard InChI is InChI=1S/2C24H48O2/c1-4-5-6-7-8-9-10-11-12-13-14-15-18-21-24(25)26-22-19-16-17-20-23(2)3;1-4-7-9-10-11-12-13-14-15-16-17-18-20-23(24(25)26)21-22(6-3)19-8-5-2/h23H,4-22H2,1-3H3;22-23H,4-21H2,1-3H3,(H,25,26). The van der Waals surface area contributed by atoms with Crippen LogP contribution in [0.5, 0.6) is 0 Å². The number of carbonyl (C=O) groups is 2. The average Bonchev–Trinajstić information content (AvgIpc) is 3.13. The second-order valence-corrected chi connectivity index (χ2v) is 16.8. The molecular formula is C48H96O4. The molecule has 312 valence electrons. The monoisotopic (exact) mass is 737 g/mol. The van der Waals surface area contributed by atoms with Crippen LogP contribution in [0.25, 0.3) is 0 Å². The highest BCUT2D eigenvalue weighted by molar-refractivity contribution is 5.70. The highest BCUT2D eigenvalue weighted by Gasteiger charge is 2.21. The molecule has 0 radical (unpaired) electrons. The molecule has 0 aliphatic heterocycles. The van der Waals surface area contributed by atoms with Crippen LogP contribution in [0, 0.1) is 17.8 Å². The van der Waals surface area contributed by atoms with Crippen LogP contribution in [0.1, 0.15) is 273 Å². The maximum absolute atomic E-state index is 11.7. The van der Waals surface area contributed by atoms with Crippen LogP contribution in [0.15, 0.2) is 0 Å². The van der Waals surface area contributed by atoms with E-state index in [1.165, 1.54) is 186 Å². The smallest absolute Gasteiger partial charge is 0.306 e. The van der Waals surface area contributed by atoms with Crippen LogP contribution in [-0.4, -0.2) is 23.7 Å². The number of ether oxygens (including phenoxy) is 1. The summed E-state index contributed by atoms with van der Waals surface area (Å²) in [6.45, 7) is 14.1. The number of carbonyl (C=O) groups excluding carboxylic acids is 1. The molecule has 0 amide bonds. The van der Waals surface area contributed by atoms with Gasteiger partial charge in [-0.2, -0.15) is 0 Å². The Morgan fingerprint density at radius 2 is 0.846 bits per heavy atom. The van der Waals surface area contributed by atoms with Crippen molar-refractivity contribution < 1.29 is 19.4 Å². The largest absolute Gasteiger partial charge is 0.481 e. The molecule has 0 rings (SSSR count). The van der Waals surface area contributed by atoms with Gasteiger partial charge in [-0.3, -0.25) is 9.59 Å². The maximum atomic E-state index is 11.7. The number of carboxylic acids is 1. The quantitative estimate of drug-likeness (QED) is 0.0502. The van der Waals surface area contributed by atoms with Crippen LogP contribution in [0.3, 0.4) is 0 Å². The number of unbranched alkanes of at least 4 members (excludes halogenated alkanes) is 26.